The Hall–Kier alpha value is -3.00. The second-order valence-electron chi connectivity index (χ2n) is 5.15. The fourth-order valence-corrected chi connectivity index (χ4v) is 2.20. The lowest BCUT2D eigenvalue weighted by Gasteiger charge is -2.07. The van der Waals surface area contributed by atoms with Crippen molar-refractivity contribution in [3.05, 3.63) is 52.6 Å². The molecule has 118 valence electrons. The third-order valence-electron chi connectivity index (χ3n) is 3.20. The molecule has 0 saturated heterocycles. The Bertz CT molecular complexity index is 898. The zero-order chi connectivity index (χ0) is 16.4. The minimum Gasteiger partial charge on any atom is -0.392 e. The van der Waals surface area contributed by atoms with Gasteiger partial charge in [0.2, 0.25) is 5.95 Å². The van der Waals surface area contributed by atoms with E-state index in [2.05, 4.69) is 20.3 Å². The lowest BCUT2D eigenvalue weighted by atomic mass is 10.2. The number of aromatic nitrogens is 4. The molecule has 8 nitrogen and oxygen atoms in total. The molecule has 3 N–H and O–H groups in total. The van der Waals surface area contributed by atoms with Crippen molar-refractivity contribution < 1.29 is 9.90 Å². The van der Waals surface area contributed by atoms with Crippen molar-refractivity contribution in [2.45, 2.75) is 19.6 Å². The van der Waals surface area contributed by atoms with Gasteiger partial charge in [-0.25, -0.2) is 4.98 Å². The Morgan fingerprint density at radius 1 is 1.39 bits per heavy atom. The molecule has 0 unspecified atom stereocenters. The van der Waals surface area contributed by atoms with Gasteiger partial charge in [0.15, 0.2) is 11.2 Å². The predicted octanol–water partition coefficient (Wildman–Crippen LogP) is 0.753. The largest absolute Gasteiger partial charge is 0.392 e. The average molecular weight is 313 g/mol. The normalized spacial score (nSPS) is 12.3. The van der Waals surface area contributed by atoms with Crippen LogP contribution in [0.15, 0.2) is 41.5 Å². The standard InChI is InChI=1S/C15H15N5O3/c1-9(21)7-20-8-16-11-12(20)17-15(19-14(11)23)18-13(22)10-5-3-2-4-6-10/h2-6,8-9,21H,7H2,1H3,(H2,17,18,19,22,23)/t9-/m1/s1. The zero-order valence-corrected chi connectivity index (χ0v) is 12.4. The van der Waals surface area contributed by atoms with Crippen molar-refractivity contribution in [3.8, 4) is 0 Å². The van der Waals surface area contributed by atoms with Crippen molar-refractivity contribution in [3.63, 3.8) is 0 Å². The smallest absolute Gasteiger partial charge is 0.280 e. The molecule has 3 aromatic rings. The molecular formula is C15H15N5O3. The summed E-state index contributed by atoms with van der Waals surface area (Å²) in [6, 6.07) is 8.60. The van der Waals surface area contributed by atoms with Crippen LogP contribution in [0, 0.1) is 0 Å². The third kappa shape index (κ3) is 3.11. The summed E-state index contributed by atoms with van der Waals surface area (Å²) in [5.41, 5.74) is 0.455. The van der Waals surface area contributed by atoms with Crippen LogP contribution in [0.25, 0.3) is 11.2 Å². The monoisotopic (exact) mass is 313 g/mol. The maximum atomic E-state index is 12.1. The molecular weight excluding hydrogens is 298 g/mol. The minimum absolute atomic E-state index is 0.0312. The van der Waals surface area contributed by atoms with Crippen LogP contribution in [0.4, 0.5) is 5.95 Å². The summed E-state index contributed by atoms with van der Waals surface area (Å²) >= 11 is 0. The zero-order valence-electron chi connectivity index (χ0n) is 12.4. The van der Waals surface area contributed by atoms with E-state index in [0.29, 0.717) is 11.2 Å². The van der Waals surface area contributed by atoms with Gasteiger partial charge >= 0.3 is 0 Å². The first-order valence-electron chi connectivity index (χ1n) is 7.04. The summed E-state index contributed by atoms with van der Waals surface area (Å²) in [4.78, 5) is 34.8. The number of hydrogen-bond acceptors (Lipinski definition) is 5. The molecule has 2 heterocycles. The first kappa shape index (κ1) is 14.9. The molecule has 8 heteroatoms. The number of aliphatic hydroxyl groups is 1. The van der Waals surface area contributed by atoms with Crippen LogP contribution in [0.1, 0.15) is 17.3 Å². The van der Waals surface area contributed by atoms with Crippen LogP contribution >= 0.6 is 0 Å². The summed E-state index contributed by atoms with van der Waals surface area (Å²) in [6.45, 7) is 1.87. The molecule has 0 bridgehead atoms. The van der Waals surface area contributed by atoms with Gasteiger partial charge in [0.1, 0.15) is 0 Å². The Kier molecular flexibility index (Phi) is 3.90. The van der Waals surface area contributed by atoms with E-state index in [9.17, 15) is 14.7 Å². The Morgan fingerprint density at radius 3 is 2.83 bits per heavy atom. The van der Waals surface area contributed by atoms with E-state index in [1.54, 1.807) is 41.8 Å². The van der Waals surface area contributed by atoms with Crippen molar-refractivity contribution >= 4 is 23.0 Å². The molecule has 0 aliphatic carbocycles. The number of benzene rings is 1. The van der Waals surface area contributed by atoms with E-state index in [0.717, 1.165) is 0 Å². The van der Waals surface area contributed by atoms with Crippen LogP contribution in [0.2, 0.25) is 0 Å². The number of H-pyrrole nitrogens is 1. The molecule has 0 saturated carbocycles. The second kappa shape index (κ2) is 6.01. The molecule has 1 aromatic carbocycles. The van der Waals surface area contributed by atoms with Crippen LogP contribution in [0.3, 0.4) is 0 Å². The number of fused-ring (bicyclic) bond motifs is 1. The highest BCUT2D eigenvalue weighted by molar-refractivity contribution is 6.03. The van der Waals surface area contributed by atoms with Crippen molar-refractivity contribution in [1.82, 2.24) is 19.5 Å². The van der Waals surface area contributed by atoms with E-state index < -0.39 is 11.7 Å². The van der Waals surface area contributed by atoms with Crippen LogP contribution in [0.5, 0.6) is 0 Å². The molecule has 0 aliphatic rings. The maximum absolute atomic E-state index is 12.1. The summed E-state index contributed by atoms with van der Waals surface area (Å²) in [6.07, 6.45) is 0.818. The SMILES string of the molecule is C[C@@H](O)Cn1cnc2c(=O)[nH]c(NC(=O)c3ccccc3)nc21. The van der Waals surface area contributed by atoms with Gasteiger partial charge in [0.05, 0.1) is 19.0 Å². The number of hydrogen-bond donors (Lipinski definition) is 3. The highest BCUT2D eigenvalue weighted by Crippen LogP contribution is 2.10. The van der Waals surface area contributed by atoms with Crippen LogP contribution in [-0.4, -0.2) is 36.6 Å². The highest BCUT2D eigenvalue weighted by Gasteiger charge is 2.13. The van der Waals surface area contributed by atoms with E-state index in [-0.39, 0.29) is 23.9 Å². The number of aliphatic hydroxyl groups excluding tert-OH is 1. The number of nitrogens with zero attached hydrogens (tertiary/aromatic N) is 3. The first-order valence-corrected chi connectivity index (χ1v) is 7.04. The molecule has 0 fully saturated rings. The number of anilines is 1. The third-order valence-corrected chi connectivity index (χ3v) is 3.20. The summed E-state index contributed by atoms with van der Waals surface area (Å²) in [7, 11) is 0. The molecule has 1 atom stereocenters. The number of amides is 1. The lowest BCUT2D eigenvalue weighted by Crippen LogP contribution is -2.19. The Labute approximate surface area is 130 Å². The van der Waals surface area contributed by atoms with Crippen molar-refractivity contribution in [1.29, 1.82) is 0 Å². The quantitative estimate of drug-likeness (QED) is 0.658. The number of rotatable bonds is 4. The molecule has 1 amide bonds. The molecule has 3 rings (SSSR count). The Morgan fingerprint density at radius 2 is 2.13 bits per heavy atom. The summed E-state index contributed by atoms with van der Waals surface area (Å²) < 4.78 is 1.56. The van der Waals surface area contributed by atoms with E-state index in [4.69, 9.17) is 0 Å². The number of carbonyl (C=O) groups excluding carboxylic acids is 1. The lowest BCUT2D eigenvalue weighted by molar-refractivity contribution is 0.102. The molecule has 0 spiro atoms. The van der Waals surface area contributed by atoms with Gasteiger partial charge in [-0.15, -0.1) is 0 Å². The number of aromatic amines is 1. The van der Waals surface area contributed by atoms with E-state index in [1.807, 2.05) is 0 Å². The van der Waals surface area contributed by atoms with Gasteiger partial charge in [-0.2, -0.15) is 4.98 Å². The molecule has 0 radical (unpaired) electrons. The van der Waals surface area contributed by atoms with Gasteiger partial charge in [0.25, 0.3) is 11.5 Å². The molecule has 2 aromatic heterocycles. The van der Waals surface area contributed by atoms with Gasteiger partial charge in [-0.3, -0.25) is 19.9 Å². The number of nitrogens with one attached hydrogen (secondary N) is 2. The highest BCUT2D eigenvalue weighted by atomic mass is 16.3. The van der Waals surface area contributed by atoms with Crippen molar-refractivity contribution in [2.24, 2.45) is 0 Å². The van der Waals surface area contributed by atoms with Gasteiger partial charge in [0, 0.05) is 5.56 Å². The molecule has 23 heavy (non-hydrogen) atoms. The second-order valence-corrected chi connectivity index (χ2v) is 5.15. The minimum atomic E-state index is -0.615. The average Bonchev–Trinajstić information content (AvgIpc) is 2.91. The van der Waals surface area contributed by atoms with Gasteiger partial charge < -0.3 is 9.67 Å². The van der Waals surface area contributed by atoms with Gasteiger partial charge in [-0.05, 0) is 19.1 Å². The fourth-order valence-electron chi connectivity index (χ4n) is 2.20. The Balaban J connectivity index is 1.95. The van der Waals surface area contributed by atoms with E-state index >= 15 is 0 Å². The first-order chi connectivity index (χ1) is 11.0. The van der Waals surface area contributed by atoms with Crippen LogP contribution < -0.4 is 10.9 Å². The van der Waals surface area contributed by atoms with Crippen LogP contribution in [-0.2, 0) is 6.54 Å². The maximum Gasteiger partial charge on any atom is 0.280 e. The summed E-state index contributed by atoms with van der Waals surface area (Å²) in [5.74, 6) is -0.349. The number of carbonyl (C=O) groups is 1. The van der Waals surface area contributed by atoms with E-state index in [1.165, 1.54) is 6.33 Å². The van der Waals surface area contributed by atoms with Gasteiger partial charge in [-0.1, -0.05) is 18.2 Å². The fraction of sp³-hybridized carbons (Fsp3) is 0.200. The van der Waals surface area contributed by atoms with Crippen molar-refractivity contribution in [2.75, 3.05) is 5.32 Å². The summed E-state index contributed by atoms with van der Waals surface area (Å²) in [5, 5.41) is 12.0. The number of imidazole rings is 1. The predicted molar refractivity (Wildman–Crippen MR) is 84.2 cm³/mol. The topological polar surface area (TPSA) is 113 Å². The molecule has 0 aliphatic heterocycles.